The summed E-state index contributed by atoms with van der Waals surface area (Å²) in [6.45, 7) is 4.17. The Balaban J connectivity index is 1.14. The van der Waals surface area contributed by atoms with Crippen molar-refractivity contribution in [3.63, 3.8) is 0 Å². The van der Waals surface area contributed by atoms with Crippen LogP contribution in [0.4, 0.5) is 10.7 Å². The van der Waals surface area contributed by atoms with Crippen LogP contribution in [-0.2, 0) is 24.2 Å². The van der Waals surface area contributed by atoms with Crippen molar-refractivity contribution in [2.75, 3.05) is 45.6 Å². The van der Waals surface area contributed by atoms with Crippen molar-refractivity contribution in [2.45, 2.75) is 32.0 Å². The van der Waals surface area contributed by atoms with E-state index < -0.39 is 0 Å². The van der Waals surface area contributed by atoms with Gasteiger partial charge in [0, 0.05) is 55.3 Å². The van der Waals surface area contributed by atoms with Crippen LogP contribution in [0.5, 0.6) is 5.75 Å². The lowest BCUT2D eigenvalue weighted by Crippen LogP contribution is -2.49. The topological polar surface area (TPSA) is 60.4 Å². The second-order valence-corrected chi connectivity index (χ2v) is 11.6. The van der Waals surface area contributed by atoms with Crippen molar-refractivity contribution in [1.29, 1.82) is 0 Å². The molecule has 3 heterocycles. The summed E-state index contributed by atoms with van der Waals surface area (Å²) in [5.74, 6) is 1.27. The maximum atomic E-state index is 13.3. The summed E-state index contributed by atoms with van der Waals surface area (Å²) in [5, 5.41) is 4.79. The molecule has 198 valence electrons. The smallest absolute Gasteiger partial charge is 0.226 e. The Hall–Kier alpha value is -3.36. The van der Waals surface area contributed by atoms with Crippen LogP contribution in [0, 0.1) is 5.92 Å². The first kappa shape index (κ1) is 24.9. The Morgan fingerprint density at radius 1 is 1.05 bits per heavy atom. The zero-order valence-electron chi connectivity index (χ0n) is 22.1. The van der Waals surface area contributed by atoms with Gasteiger partial charge in [-0.2, -0.15) is 0 Å². The first-order chi connectivity index (χ1) is 18.5. The highest BCUT2D eigenvalue weighted by Gasteiger charge is 2.36. The molecule has 7 nitrogen and oxygen atoms in total. The van der Waals surface area contributed by atoms with Gasteiger partial charge in [-0.1, -0.05) is 30.3 Å². The van der Waals surface area contributed by atoms with Crippen molar-refractivity contribution in [1.82, 2.24) is 14.7 Å². The van der Waals surface area contributed by atoms with E-state index in [0.29, 0.717) is 12.5 Å². The third kappa shape index (κ3) is 5.15. The second kappa shape index (κ2) is 10.8. The summed E-state index contributed by atoms with van der Waals surface area (Å²) in [7, 11) is 4.19. The number of benzene rings is 2. The predicted molar refractivity (Wildman–Crippen MR) is 153 cm³/mol. The van der Waals surface area contributed by atoms with Crippen LogP contribution in [0.3, 0.4) is 0 Å². The molecule has 2 aromatic carbocycles. The minimum atomic E-state index is 0.00321. The van der Waals surface area contributed by atoms with Gasteiger partial charge in [0.05, 0.1) is 6.34 Å². The highest BCUT2D eigenvalue weighted by Crippen LogP contribution is 2.47. The summed E-state index contributed by atoms with van der Waals surface area (Å²) in [6.07, 6.45) is 4.58. The monoisotopic (exact) mass is 529 g/mol. The van der Waals surface area contributed by atoms with E-state index in [1.165, 1.54) is 16.0 Å². The maximum Gasteiger partial charge on any atom is 0.226 e. The van der Waals surface area contributed by atoms with E-state index in [1.54, 1.807) is 11.3 Å². The Morgan fingerprint density at radius 2 is 1.82 bits per heavy atom. The first-order valence-electron chi connectivity index (χ1n) is 13.5. The van der Waals surface area contributed by atoms with Crippen LogP contribution in [0.15, 0.2) is 59.6 Å². The number of carbonyl (C=O) groups excluding carboxylic acids is 1. The Kier molecular flexibility index (Phi) is 7.08. The second-order valence-electron chi connectivity index (χ2n) is 10.5. The lowest BCUT2D eigenvalue weighted by atomic mass is 9.85. The Labute approximate surface area is 228 Å². The number of hydrogen-bond acceptors (Lipinski definition) is 7. The van der Waals surface area contributed by atoms with Crippen molar-refractivity contribution in [3.8, 4) is 5.75 Å². The average molecular weight is 530 g/mol. The Bertz CT molecular complexity index is 1300. The van der Waals surface area contributed by atoms with Gasteiger partial charge in [-0.3, -0.25) is 4.79 Å². The zero-order valence-corrected chi connectivity index (χ0v) is 22.9. The van der Waals surface area contributed by atoms with Crippen molar-refractivity contribution >= 4 is 34.3 Å². The van der Waals surface area contributed by atoms with Gasteiger partial charge in [0.1, 0.15) is 23.5 Å². The van der Waals surface area contributed by atoms with Gasteiger partial charge in [0.2, 0.25) is 5.91 Å². The molecular formula is C30H35N5O2S. The average Bonchev–Trinajstić information content (AvgIpc) is 3.33. The molecule has 0 bridgehead atoms. The van der Waals surface area contributed by atoms with Crippen LogP contribution < -0.4 is 10.1 Å². The molecule has 0 spiro atoms. The SMILES string of the molecule is CN1CCN(C(=O)C2CCc3c(sc4c3C(Nc3ccc(OCc5ccccc5)cc3)N(C)C=N4)C2)CC1. The highest BCUT2D eigenvalue weighted by atomic mass is 32.1. The zero-order chi connectivity index (χ0) is 26.1. The number of likely N-dealkylation sites (N-methyl/N-ethyl adjacent to an activating group) is 1. The van der Waals surface area contributed by atoms with E-state index in [-0.39, 0.29) is 12.1 Å². The first-order valence-corrected chi connectivity index (χ1v) is 14.3. The third-order valence-electron chi connectivity index (χ3n) is 7.89. The van der Waals surface area contributed by atoms with Gasteiger partial charge >= 0.3 is 0 Å². The van der Waals surface area contributed by atoms with E-state index in [9.17, 15) is 4.79 Å². The minimum absolute atomic E-state index is 0.00321. The fourth-order valence-corrected chi connectivity index (χ4v) is 6.90. The van der Waals surface area contributed by atoms with Crippen molar-refractivity contribution in [2.24, 2.45) is 10.9 Å². The molecule has 3 aliphatic rings. The van der Waals surface area contributed by atoms with Gasteiger partial charge in [-0.15, -0.1) is 11.3 Å². The molecule has 1 N–H and O–H groups in total. The molecule has 1 saturated heterocycles. The number of nitrogens with zero attached hydrogens (tertiary/aromatic N) is 4. The fourth-order valence-electron chi connectivity index (χ4n) is 5.60. The number of rotatable bonds is 6. The molecule has 6 rings (SSSR count). The lowest BCUT2D eigenvalue weighted by Gasteiger charge is -2.36. The molecule has 1 fully saturated rings. The molecule has 1 aromatic heterocycles. The molecule has 1 amide bonds. The molecule has 0 saturated carbocycles. The van der Waals surface area contributed by atoms with Crippen LogP contribution >= 0.6 is 11.3 Å². The van der Waals surface area contributed by atoms with Crippen LogP contribution in [0.2, 0.25) is 0 Å². The number of nitrogens with one attached hydrogen (secondary N) is 1. The molecule has 2 unspecified atom stereocenters. The molecule has 1 aliphatic carbocycles. The number of ether oxygens (including phenoxy) is 1. The molecule has 8 heteroatoms. The van der Waals surface area contributed by atoms with E-state index in [2.05, 4.69) is 58.4 Å². The lowest BCUT2D eigenvalue weighted by molar-refractivity contribution is -0.137. The van der Waals surface area contributed by atoms with Crippen molar-refractivity contribution in [3.05, 3.63) is 76.2 Å². The quantitative estimate of drug-likeness (QED) is 0.491. The number of aliphatic imine (C=N–C) groups is 1. The molecule has 2 atom stereocenters. The predicted octanol–water partition coefficient (Wildman–Crippen LogP) is 4.92. The molecule has 2 aliphatic heterocycles. The highest BCUT2D eigenvalue weighted by molar-refractivity contribution is 7.16. The molecule has 38 heavy (non-hydrogen) atoms. The number of carbonyl (C=O) groups is 1. The van der Waals surface area contributed by atoms with Gasteiger partial charge in [0.25, 0.3) is 0 Å². The van der Waals surface area contributed by atoms with Crippen LogP contribution in [-0.4, -0.2) is 67.2 Å². The van der Waals surface area contributed by atoms with E-state index >= 15 is 0 Å². The third-order valence-corrected chi connectivity index (χ3v) is 9.07. The number of anilines is 1. The fraction of sp³-hybridized carbons (Fsp3) is 0.400. The van der Waals surface area contributed by atoms with Gasteiger partial charge in [-0.25, -0.2) is 4.99 Å². The van der Waals surface area contributed by atoms with Crippen LogP contribution in [0.25, 0.3) is 0 Å². The van der Waals surface area contributed by atoms with Gasteiger partial charge in [-0.05, 0) is 61.7 Å². The summed E-state index contributed by atoms with van der Waals surface area (Å²) in [4.78, 5) is 25.9. The van der Waals surface area contributed by atoms with E-state index in [1.807, 2.05) is 36.7 Å². The summed E-state index contributed by atoms with van der Waals surface area (Å²) < 4.78 is 5.96. The number of amides is 1. The van der Waals surface area contributed by atoms with E-state index in [4.69, 9.17) is 9.73 Å². The van der Waals surface area contributed by atoms with E-state index in [0.717, 1.165) is 67.4 Å². The van der Waals surface area contributed by atoms with Crippen molar-refractivity contribution < 1.29 is 9.53 Å². The number of piperazine rings is 1. The minimum Gasteiger partial charge on any atom is -0.489 e. The molecule has 3 aromatic rings. The normalized spacial score (nSPS) is 21.1. The Morgan fingerprint density at radius 3 is 2.58 bits per heavy atom. The number of thiophene rings is 1. The molecule has 0 radical (unpaired) electrons. The summed E-state index contributed by atoms with van der Waals surface area (Å²) >= 11 is 1.77. The summed E-state index contributed by atoms with van der Waals surface area (Å²) in [5.41, 5.74) is 4.84. The van der Waals surface area contributed by atoms with Crippen LogP contribution in [0.1, 0.15) is 34.2 Å². The molecular weight excluding hydrogens is 494 g/mol. The standard InChI is InChI=1S/C30H35N5O2S/c1-33-14-16-35(17-15-33)30(36)22-8-13-25-26(18-22)38-29-27(25)28(34(2)20-31-29)32-23-9-11-24(12-10-23)37-19-21-6-4-3-5-7-21/h3-7,9-12,20,22,28,32H,8,13-19H2,1-2H3. The van der Waals surface area contributed by atoms with Gasteiger partial charge < -0.3 is 24.8 Å². The number of fused-ring (bicyclic) bond motifs is 3. The van der Waals surface area contributed by atoms with Gasteiger partial charge in [0.15, 0.2) is 0 Å². The largest absolute Gasteiger partial charge is 0.489 e. The number of hydrogen-bond donors (Lipinski definition) is 1. The maximum absolute atomic E-state index is 13.3. The summed E-state index contributed by atoms with van der Waals surface area (Å²) in [6, 6.07) is 18.4.